The predicted molar refractivity (Wildman–Crippen MR) is 104 cm³/mol. The number of imidazole rings is 1. The van der Waals surface area contributed by atoms with E-state index in [1.807, 2.05) is 22.9 Å². The third-order valence-electron chi connectivity index (χ3n) is 2.86. The van der Waals surface area contributed by atoms with E-state index in [1.165, 1.54) is 0 Å². The number of guanidine groups is 1. The molecule has 2 heterocycles. The molecule has 0 atom stereocenters. The summed E-state index contributed by atoms with van der Waals surface area (Å²) in [5.74, 6) is 1.66. The zero-order valence-electron chi connectivity index (χ0n) is 14.1. The lowest BCUT2D eigenvalue weighted by molar-refractivity contribution is 0.501. The van der Waals surface area contributed by atoms with E-state index in [2.05, 4.69) is 53.3 Å². The van der Waals surface area contributed by atoms with Crippen LogP contribution in [0.5, 0.6) is 0 Å². The van der Waals surface area contributed by atoms with Crippen LogP contribution in [0.2, 0.25) is 0 Å². The van der Waals surface area contributed by atoms with Crippen LogP contribution in [0.1, 0.15) is 33.3 Å². The first-order valence-corrected chi connectivity index (χ1v) is 7.48. The van der Waals surface area contributed by atoms with Gasteiger partial charge in [-0.3, -0.25) is 4.57 Å². The topological polar surface area (TPSA) is 67.1 Å². The molecule has 0 bridgehead atoms. The average molecular weight is 428 g/mol. The second-order valence-electron chi connectivity index (χ2n) is 6.03. The number of rotatable bonds is 4. The first-order valence-electron chi connectivity index (χ1n) is 7.48. The molecule has 0 saturated heterocycles. The van der Waals surface area contributed by atoms with E-state index in [0.717, 1.165) is 23.9 Å². The quantitative estimate of drug-likeness (QED) is 0.447. The third-order valence-corrected chi connectivity index (χ3v) is 2.86. The lowest BCUT2D eigenvalue weighted by Crippen LogP contribution is -2.47. The molecule has 0 saturated carbocycles. The van der Waals surface area contributed by atoms with Gasteiger partial charge in [0.1, 0.15) is 12.1 Å². The van der Waals surface area contributed by atoms with Gasteiger partial charge in [0.2, 0.25) is 0 Å². The van der Waals surface area contributed by atoms with Gasteiger partial charge in [-0.25, -0.2) is 15.0 Å². The summed E-state index contributed by atoms with van der Waals surface area (Å²) in [5.41, 5.74) is 1.01. The second kappa shape index (κ2) is 8.85. The van der Waals surface area contributed by atoms with Crippen molar-refractivity contribution in [3.63, 3.8) is 0 Å². The lowest BCUT2D eigenvalue weighted by atomic mass is 10.1. The van der Waals surface area contributed by atoms with Crippen molar-refractivity contribution in [2.24, 2.45) is 4.99 Å². The fourth-order valence-corrected chi connectivity index (χ4v) is 2.00. The van der Waals surface area contributed by atoms with Crippen LogP contribution < -0.4 is 10.6 Å². The van der Waals surface area contributed by atoms with Gasteiger partial charge in [0, 0.05) is 36.2 Å². The van der Waals surface area contributed by atoms with Crippen LogP contribution in [0, 0.1) is 0 Å². The van der Waals surface area contributed by atoms with Gasteiger partial charge in [-0.1, -0.05) is 6.07 Å². The molecule has 126 valence electrons. The molecule has 0 radical (unpaired) electrons. The van der Waals surface area contributed by atoms with Crippen LogP contribution in [0.15, 0.2) is 42.0 Å². The second-order valence-corrected chi connectivity index (χ2v) is 6.03. The van der Waals surface area contributed by atoms with Crippen molar-refractivity contribution < 1.29 is 0 Å². The summed E-state index contributed by atoms with van der Waals surface area (Å²) in [4.78, 5) is 13.2. The highest BCUT2D eigenvalue weighted by molar-refractivity contribution is 14.0. The first kappa shape index (κ1) is 19.4. The largest absolute Gasteiger partial charge is 0.357 e. The van der Waals surface area contributed by atoms with Crippen molar-refractivity contribution in [1.29, 1.82) is 0 Å². The number of aliphatic imine (C=N–C) groups is 1. The zero-order valence-corrected chi connectivity index (χ0v) is 16.4. The van der Waals surface area contributed by atoms with E-state index in [-0.39, 0.29) is 29.5 Å². The van der Waals surface area contributed by atoms with Crippen molar-refractivity contribution in [3.8, 4) is 5.82 Å². The van der Waals surface area contributed by atoms with E-state index < -0.39 is 0 Å². The van der Waals surface area contributed by atoms with Crippen LogP contribution in [0.25, 0.3) is 5.82 Å². The number of hydrogen-bond acceptors (Lipinski definition) is 3. The Morgan fingerprint density at radius 1 is 1.30 bits per heavy atom. The standard InChI is InChI=1S/C16H24N6.HI/c1-5-18-15(21-16(2,3)4)20-11-13-7-6-8-19-14(13)22-10-9-17-12-22;/h6-10,12H,5,11H2,1-4H3,(H2,18,20,21);1H. The molecule has 0 amide bonds. The molecule has 23 heavy (non-hydrogen) atoms. The van der Waals surface area contributed by atoms with Crippen molar-refractivity contribution in [3.05, 3.63) is 42.6 Å². The van der Waals surface area contributed by atoms with Gasteiger partial charge in [0.25, 0.3) is 0 Å². The predicted octanol–water partition coefficient (Wildman–Crippen LogP) is 2.74. The molecule has 2 rings (SSSR count). The maximum absolute atomic E-state index is 4.66. The Labute approximate surface area is 154 Å². The van der Waals surface area contributed by atoms with Gasteiger partial charge in [0.15, 0.2) is 5.96 Å². The SMILES string of the molecule is CCNC(=NCc1cccnc1-n1ccnc1)NC(C)(C)C.I. The molecule has 0 aromatic carbocycles. The maximum Gasteiger partial charge on any atom is 0.191 e. The number of pyridine rings is 1. The summed E-state index contributed by atoms with van der Waals surface area (Å²) in [6.45, 7) is 9.76. The van der Waals surface area contributed by atoms with E-state index >= 15 is 0 Å². The summed E-state index contributed by atoms with van der Waals surface area (Å²) in [6, 6.07) is 3.96. The normalized spacial score (nSPS) is 11.7. The molecule has 0 aliphatic rings. The number of nitrogens with zero attached hydrogens (tertiary/aromatic N) is 4. The summed E-state index contributed by atoms with van der Waals surface area (Å²) in [6.07, 6.45) is 7.15. The Morgan fingerprint density at radius 2 is 2.09 bits per heavy atom. The number of halogens is 1. The van der Waals surface area contributed by atoms with Gasteiger partial charge in [-0.15, -0.1) is 24.0 Å². The molecule has 0 fully saturated rings. The molecule has 0 unspecified atom stereocenters. The van der Waals surface area contributed by atoms with E-state index in [4.69, 9.17) is 0 Å². The summed E-state index contributed by atoms with van der Waals surface area (Å²) >= 11 is 0. The first-order chi connectivity index (χ1) is 10.5. The van der Waals surface area contributed by atoms with Crippen molar-refractivity contribution in [1.82, 2.24) is 25.2 Å². The average Bonchev–Trinajstić information content (AvgIpc) is 2.98. The van der Waals surface area contributed by atoms with Crippen LogP contribution in [0.4, 0.5) is 0 Å². The van der Waals surface area contributed by atoms with Gasteiger partial charge in [-0.2, -0.15) is 0 Å². The van der Waals surface area contributed by atoms with Crippen LogP contribution >= 0.6 is 24.0 Å². The molecule has 0 aliphatic heterocycles. The van der Waals surface area contributed by atoms with Crippen molar-refractivity contribution in [2.45, 2.75) is 39.8 Å². The molecular weight excluding hydrogens is 403 g/mol. The Hall–Kier alpha value is -1.64. The lowest BCUT2D eigenvalue weighted by Gasteiger charge is -2.23. The maximum atomic E-state index is 4.66. The highest BCUT2D eigenvalue weighted by Crippen LogP contribution is 2.12. The molecule has 0 spiro atoms. The Bertz CT molecular complexity index is 616. The molecule has 7 heteroatoms. The van der Waals surface area contributed by atoms with E-state index in [0.29, 0.717) is 6.54 Å². The minimum Gasteiger partial charge on any atom is -0.357 e. The van der Waals surface area contributed by atoms with Crippen LogP contribution in [0.3, 0.4) is 0 Å². The smallest absolute Gasteiger partial charge is 0.191 e. The number of aromatic nitrogens is 3. The van der Waals surface area contributed by atoms with E-state index in [9.17, 15) is 0 Å². The molecule has 2 aromatic rings. The monoisotopic (exact) mass is 428 g/mol. The summed E-state index contributed by atoms with van der Waals surface area (Å²) < 4.78 is 1.90. The zero-order chi connectivity index (χ0) is 16.0. The fraction of sp³-hybridized carbons (Fsp3) is 0.438. The molecule has 2 aromatic heterocycles. The van der Waals surface area contributed by atoms with Gasteiger partial charge < -0.3 is 10.6 Å². The molecule has 2 N–H and O–H groups in total. The highest BCUT2D eigenvalue weighted by Gasteiger charge is 2.12. The Morgan fingerprint density at radius 3 is 2.70 bits per heavy atom. The van der Waals surface area contributed by atoms with E-state index in [1.54, 1.807) is 18.7 Å². The highest BCUT2D eigenvalue weighted by atomic mass is 127. The van der Waals surface area contributed by atoms with Gasteiger partial charge >= 0.3 is 0 Å². The summed E-state index contributed by atoms with van der Waals surface area (Å²) in [5, 5.41) is 6.64. The molecule has 0 aliphatic carbocycles. The van der Waals surface area contributed by atoms with Crippen molar-refractivity contribution in [2.75, 3.05) is 6.54 Å². The molecule has 6 nitrogen and oxygen atoms in total. The minimum atomic E-state index is -0.0386. The Kier molecular flexibility index (Phi) is 7.47. The third kappa shape index (κ3) is 6.17. The van der Waals surface area contributed by atoms with Gasteiger partial charge in [0.05, 0.1) is 6.54 Å². The van der Waals surface area contributed by atoms with Crippen LogP contribution in [-0.4, -0.2) is 32.6 Å². The van der Waals surface area contributed by atoms with Gasteiger partial charge in [-0.05, 0) is 33.8 Å². The Balaban J connectivity index is 0.00000264. The fourth-order valence-electron chi connectivity index (χ4n) is 2.00. The minimum absolute atomic E-state index is 0. The molecular formula is C16H25IN6. The van der Waals surface area contributed by atoms with Crippen LogP contribution in [-0.2, 0) is 6.54 Å². The number of nitrogens with one attached hydrogen (secondary N) is 2. The number of hydrogen-bond donors (Lipinski definition) is 2. The summed E-state index contributed by atoms with van der Waals surface area (Å²) in [7, 11) is 0. The van der Waals surface area contributed by atoms with Crippen molar-refractivity contribution >= 4 is 29.9 Å².